The van der Waals surface area contributed by atoms with Gasteiger partial charge in [-0.25, -0.2) is 0 Å². The van der Waals surface area contributed by atoms with Crippen molar-refractivity contribution in [3.63, 3.8) is 0 Å². The van der Waals surface area contributed by atoms with Crippen LogP contribution >= 0.6 is 11.6 Å². The van der Waals surface area contributed by atoms with E-state index in [0.29, 0.717) is 16.4 Å². The van der Waals surface area contributed by atoms with Gasteiger partial charge in [-0.15, -0.1) is 0 Å². The molecule has 0 spiro atoms. The first-order valence-corrected chi connectivity index (χ1v) is 6.08. The van der Waals surface area contributed by atoms with Crippen LogP contribution in [0, 0.1) is 0 Å². The van der Waals surface area contributed by atoms with Gasteiger partial charge < -0.3 is 10.6 Å². The van der Waals surface area contributed by atoms with E-state index in [1.165, 1.54) is 13.0 Å². The Labute approximate surface area is 117 Å². The number of hydrogen-bond donors (Lipinski definition) is 2. The van der Waals surface area contributed by atoms with Crippen LogP contribution in [0.1, 0.15) is 13.8 Å². The van der Waals surface area contributed by atoms with Gasteiger partial charge in [0, 0.05) is 18.7 Å². The predicted molar refractivity (Wildman–Crippen MR) is 78.3 cm³/mol. The molecule has 0 saturated heterocycles. The second-order valence-corrected chi connectivity index (χ2v) is 4.16. The second-order valence-electron chi connectivity index (χ2n) is 3.75. The summed E-state index contributed by atoms with van der Waals surface area (Å²) in [5.74, 6) is -0.450. The van der Waals surface area contributed by atoms with E-state index >= 15 is 0 Å². The molecule has 19 heavy (non-hydrogen) atoms. The van der Waals surface area contributed by atoms with Crippen LogP contribution in [0.2, 0.25) is 5.02 Å². The lowest BCUT2D eigenvalue weighted by Gasteiger charge is -2.07. The maximum atomic E-state index is 11.5. The van der Waals surface area contributed by atoms with Gasteiger partial charge in [-0.3, -0.25) is 9.59 Å². The lowest BCUT2D eigenvalue weighted by atomic mass is 10.2. The van der Waals surface area contributed by atoms with Crippen LogP contribution in [0.15, 0.2) is 42.5 Å². The van der Waals surface area contributed by atoms with Gasteiger partial charge in [-0.2, -0.15) is 0 Å². The number of nitrogens with one attached hydrogen (secondary N) is 2. The molecule has 2 amide bonds. The third kappa shape index (κ3) is 5.40. The van der Waals surface area contributed by atoms with Crippen molar-refractivity contribution in [3.8, 4) is 0 Å². The van der Waals surface area contributed by atoms with Crippen LogP contribution in [0.3, 0.4) is 0 Å². The summed E-state index contributed by atoms with van der Waals surface area (Å²) in [6.07, 6.45) is 6.63. The van der Waals surface area contributed by atoms with Crippen molar-refractivity contribution >= 4 is 34.8 Å². The summed E-state index contributed by atoms with van der Waals surface area (Å²) in [5.41, 5.74) is 1.07. The molecule has 0 aromatic heterocycles. The number of carbonyl (C=O) groups is 2. The van der Waals surface area contributed by atoms with Crippen LogP contribution in [0.4, 0.5) is 11.4 Å². The molecule has 100 valence electrons. The summed E-state index contributed by atoms with van der Waals surface area (Å²) in [6.45, 7) is 3.26. The van der Waals surface area contributed by atoms with Gasteiger partial charge in [0.15, 0.2) is 0 Å². The van der Waals surface area contributed by atoms with Gasteiger partial charge in [0.1, 0.15) is 0 Å². The molecule has 0 atom stereocenters. The zero-order valence-electron chi connectivity index (χ0n) is 10.7. The minimum absolute atomic E-state index is 0.201. The van der Waals surface area contributed by atoms with Crippen LogP contribution in [0.25, 0.3) is 0 Å². The summed E-state index contributed by atoms with van der Waals surface area (Å²) in [4.78, 5) is 22.4. The predicted octanol–water partition coefficient (Wildman–Crippen LogP) is 3.37. The minimum Gasteiger partial charge on any atom is -0.325 e. The van der Waals surface area contributed by atoms with Crippen molar-refractivity contribution in [1.82, 2.24) is 0 Å². The highest BCUT2D eigenvalue weighted by Crippen LogP contribution is 2.25. The average molecular weight is 279 g/mol. The summed E-state index contributed by atoms with van der Waals surface area (Å²) in [6, 6.07) is 4.88. The van der Waals surface area contributed by atoms with E-state index < -0.39 is 0 Å². The zero-order valence-corrected chi connectivity index (χ0v) is 11.5. The first-order valence-electron chi connectivity index (χ1n) is 5.70. The Kier molecular flexibility index (Phi) is 5.82. The molecule has 0 bridgehead atoms. The topological polar surface area (TPSA) is 58.2 Å². The SMILES string of the molecule is CC=CC=CC(=O)Nc1ccc(NC(C)=O)c(Cl)c1. The molecule has 0 aliphatic heterocycles. The van der Waals surface area contributed by atoms with Gasteiger partial charge in [0.25, 0.3) is 0 Å². The lowest BCUT2D eigenvalue weighted by Crippen LogP contribution is -2.09. The summed E-state index contributed by atoms with van der Waals surface area (Å²) < 4.78 is 0. The highest BCUT2D eigenvalue weighted by molar-refractivity contribution is 6.34. The molecule has 1 aromatic carbocycles. The number of rotatable bonds is 4. The number of anilines is 2. The molecule has 0 aliphatic rings. The van der Waals surface area contributed by atoms with Crippen molar-refractivity contribution in [1.29, 1.82) is 0 Å². The lowest BCUT2D eigenvalue weighted by molar-refractivity contribution is -0.114. The summed E-state index contributed by atoms with van der Waals surface area (Å²) >= 11 is 5.99. The molecule has 0 fully saturated rings. The third-order valence-electron chi connectivity index (χ3n) is 2.10. The van der Waals surface area contributed by atoms with Crippen LogP contribution in [-0.2, 0) is 9.59 Å². The fraction of sp³-hybridized carbons (Fsp3) is 0.143. The number of benzene rings is 1. The molecule has 4 nitrogen and oxygen atoms in total. The smallest absolute Gasteiger partial charge is 0.248 e. The molecule has 1 rings (SSSR count). The third-order valence-corrected chi connectivity index (χ3v) is 2.41. The second kappa shape index (κ2) is 7.38. The van der Waals surface area contributed by atoms with E-state index in [-0.39, 0.29) is 11.8 Å². The van der Waals surface area contributed by atoms with Gasteiger partial charge in [0.2, 0.25) is 11.8 Å². The van der Waals surface area contributed by atoms with Crippen molar-refractivity contribution in [2.75, 3.05) is 10.6 Å². The highest BCUT2D eigenvalue weighted by atomic mass is 35.5. The van der Waals surface area contributed by atoms with E-state index in [1.54, 1.807) is 30.4 Å². The van der Waals surface area contributed by atoms with E-state index in [4.69, 9.17) is 11.6 Å². The minimum atomic E-state index is -0.249. The molecular weight excluding hydrogens is 264 g/mol. The largest absolute Gasteiger partial charge is 0.325 e. The average Bonchev–Trinajstić information content (AvgIpc) is 2.32. The van der Waals surface area contributed by atoms with Crippen LogP contribution in [0.5, 0.6) is 0 Å². The zero-order chi connectivity index (χ0) is 14.3. The molecule has 0 saturated carbocycles. The Morgan fingerprint density at radius 1 is 1.21 bits per heavy atom. The number of hydrogen-bond acceptors (Lipinski definition) is 2. The first kappa shape index (κ1) is 15.0. The summed E-state index contributed by atoms with van der Waals surface area (Å²) in [5, 5.41) is 5.62. The fourth-order valence-corrected chi connectivity index (χ4v) is 1.55. The van der Waals surface area contributed by atoms with Crippen molar-refractivity contribution in [2.45, 2.75) is 13.8 Å². The van der Waals surface area contributed by atoms with Gasteiger partial charge in [-0.05, 0) is 25.1 Å². The van der Waals surface area contributed by atoms with Crippen molar-refractivity contribution < 1.29 is 9.59 Å². The van der Waals surface area contributed by atoms with E-state index in [9.17, 15) is 9.59 Å². The maximum absolute atomic E-state index is 11.5. The molecule has 1 aromatic rings. The Bertz CT molecular complexity index is 536. The molecular formula is C14H15ClN2O2. The van der Waals surface area contributed by atoms with E-state index in [1.807, 2.05) is 13.0 Å². The van der Waals surface area contributed by atoms with Gasteiger partial charge in [-0.1, -0.05) is 29.8 Å². The number of amides is 2. The molecule has 0 unspecified atom stereocenters. The Morgan fingerprint density at radius 2 is 1.95 bits per heavy atom. The van der Waals surface area contributed by atoms with Gasteiger partial charge >= 0.3 is 0 Å². The Balaban J connectivity index is 2.73. The van der Waals surface area contributed by atoms with Crippen molar-refractivity contribution in [3.05, 3.63) is 47.5 Å². The molecule has 5 heteroatoms. The maximum Gasteiger partial charge on any atom is 0.248 e. The van der Waals surface area contributed by atoms with Crippen molar-refractivity contribution in [2.24, 2.45) is 0 Å². The highest BCUT2D eigenvalue weighted by Gasteiger charge is 2.04. The Hall–Kier alpha value is -2.07. The molecule has 0 aliphatic carbocycles. The van der Waals surface area contributed by atoms with E-state index in [0.717, 1.165) is 0 Å². The normalized spacial score (nSPS) is 10.9. The quantitative estimate of drug-likeness (QED) is 0.655. The van der Waals surface area contributed by atoms with E-state index in [2.05, 4.69) is 10.6 Å². The fourth-order valence-electron chi connectivity index (χ4n) is 1.32. The molecule has 2 N–H and O–H groups in total. The molecule has 0 radical (unpaired) electrons. The number of allylic oxidation sites excluding steroid dienone is 3. The number of halogens is 1. The number of carbonyl (C=O) groups excluding carboxylic acids is 2. The molecule has 0 heterocycles. The summed E-state index contributed by atoms with van der Waals surface area (Å²) in [7, 11) is 0. The van der Waals surface area contributed by atoms with Crippen LogP contribution < -0.4 is 10.6 Å². The van der Waals surface area contributed by atoms with Gasteiger partial charge in [0.05, 0.1) is 10.7 Å². The standard InChI is InChI=1S/C14H15ClN2O2/c1-3-4-5-6-14(19)17-11-7-8-13(12(15)9-11)16-10(2)18/h3-9H,1-2H3,(H,16,18)(H,17,19). The monoisotopic (exact) mass is 278 g/mol. The Morgan fingerprint density at radius 3 is 2.53 bits per heavy atom. The first-order chi connectivity index (χ1) is 9.02. The van der Waals surface area contributed by atoms with Crippen LogP contribution in [-0.4, -0.2) is 11.8 Å².